The predicted octanol–water partition coefficient (Wildman–Crippen LogP) is 0.983. The van der Waals surface area contributed by atoms with Crippen LogP contribution in [0.25, 0.3) is 0 Å². The van der Waals surface area contributed by atoms with Crippen LogP contribution in [-0.4, -0.2) is 21.0 Å². The Morgan fingerprint density at radius 3 is 2.62 bits per heavy atom. The van der Waals surface area contributed by atoms with Gasteiger partial charge in [0.05, 0.1) is 5.69 Å². The van der Waals surface area contributed by atoms with Crippen molar-refractivity contribution in [3.63, 3.8) is 0 Å². The van der Waals surface area contributed by atoms with Crippen LogP contribution in [0.2, 0.25) is 0 Å². The van der Waals surface area contributed by atoms with Gasteiger partial charge < -0.3 is 5.11 Å². The third kappa shape index (κ3) is 1.09. The summed E-state index contributed by atoms with van der Waals surface area (Å²) < 4.78 is 0. The van der Waals surface area contributed by atoms with E-state index in [0.717, 1.165) is 6.42 Å². The smallest absolute Gasteiger partial charge is 0.315 e. The minimum absolute atomic E-state index is 0.591. The molecular formula is C9H10N2O2. The lowest BCUT2D eigenvalue weighted by Crippen LogP contribution is -2.43. The van der Waals surface area contributed by atoms with E-state index in [2.05, 4.69) is 9.97 Å². The fraction of sp³-hybridized carbons (Fsp3) is 0.444. The second-order valence-corrected chi connectivity index (χ2v) is 3.33. The summed E-state index contributed by atoms with van der Waals surface area (Å²) >= 11 is 0. The van der Waals surface area contributed by atoms with Crippen LogP contribution in [0.3, 0.4) is 0 Å². The zero-order valence-electron chi connectivity index (χ0n) is 7.10. The van der Waals surface area contributed by atoms with E-state index >= 15 is 0 Å². The van der Waals surface area contributed by atoms with Gasteiger partial charge in [-0.1, -0.05) is 6.42 Å². The first kappa shape index (κ1) is 8.16. The summed E-state index contributed by atoms with van der Waals surface area (Å²) in [6.07, 6.45) is 6.97. The highest BCUT2D eigenvalue weighted by Gasteiger charge is 2.47. The average molecular weight is 178 g/mol. The number of carboxylic acids is 1. The summed E-state index contributed by atoms with van der Waals surface area (Å²) in [5, 5.41) is 9.07. The monoisotopic (exact) mass is 178 g/mol. The van der Waals surface area contributed by atoms with E-state index < -0.39 is 11.4 Å². The van der Waals surface area contributed by atoms with Crippen LogP contribution in [-0.2, 0) is 10.2 Å². The molecule has 1 heterocycles. The van der Waals surface area contributed by atoms with E-state index in [-0.39, 0.29) is 0 Å². The molecule has 1 saturated carbocycles. The van der Waals surface area contributed by atoms with Gasteiger partial charge >= 0.3 is 5.97 Å². The topological polar surface area (TPSA) is 63.1 Å². The number of aliphatic carboxylic acids is 1. The molecule has 1 aliphatic rings. The number of nitrogens with zero attached hydrogens (tertiary/aromatic N) is 2. The number of hydrogen-bond donors (Lipinski definition) is 1. The maximum atomic E-state index is 11.0. The highest BCUT2D eigenvalue weighted by Crippen LogP contribution is 2.42. The summed E-state index contributed by atoms with van der Waals surface area (Å²) in [6, 6.07) is 0. The molecule has 13 heavy (non-hydrogen) atoms. The normalized spacial score (nSPS) is 19.1. The molecule has 1 N–H and O–H groups in total. The van der Waals surface area contributed by atoms with Gasteiger partial charge in [-0.05, 0) is 12.8 Å². The van der Waals surface area contributed by atoms with Crippen molar-refractivity contribution < 1.29 is 9.90 Å². The first-order chi connectivity index (χ1) is 6.26. The van der Waals surface area contributed by atoms with Crippen molar-refractivity contribution in [2.75, 3.05) is 0 Å². The molecule has 4 nitrogen and oxygen atoms in total. The summed E-state index contributed by atoms with van der Waals surface area (Å²) in [4.78, 5) is 19.0. The van der Waals surface area contributed by atoms with Gasteiger partial charge in [-0.15, -0.1) is 0 Å². The maximum absolute atomic E-state index is 11.0. The Morgan fingerprint density at radius 2 is 2.23 bits per heavy atom. The van der Waals surface area contributed by atoms with Crippen LogP contribution < -0.4 is 0 Å². The third-order valence-electron chi connectivity index (χ3n) is 2.67. The molecule has 0 amide bonds. The number of aromatic nitrogens is 2. The average Bonchev–Trinajstić information content (AvgIpc) is 2.03. The molecule has 1 aromatic heterocycles. The zero-order chi connectivity index (χ0) is 9.31. The Labute approximate surface area is 75.6 Å². The minimum atomic E-state index is -0.778. The lowest BCUT2D eigenvalue weighted by atomic mass is 9.67. The van der Waals surface area contributed by atoms with Crippen LogP contribution in [0.15, 0.2) is 18.6 Å². The fourth-order valence-electron chi connectivity index (χ4n) is 1.66. The lowest BCUT2D eigenvalue weighted by Gasteiger charge is -2.36. The van der Waals surface area contributed by atoms with Crippen LogP contribution in [0, 0.1) is 0 Å². The number of rotatable bonds is 2. The highest BCUT2D eigenvalue weighted by atomic mass is 16.4. The van der Waals surface area contributed by atoms with Gasteiger partial charge in [-0.25, -0.2) is 0 Å². The van der Waals surface area contributed by atoms with Gasteiger partial charge in [0, 0.05) is 18.6 Å². The van der Waals surface area contributed by atoms with Crippen LogP contribution >= 0.6 is 0 Å². The van der Waals surface area contributed by atoms with Gasteiger partial charge in [0.2, 0.25) is 0 Å². The Kier molecular flexibility index (Phi) is 1.76. The summed E-state index contributed by atoms with van der Waals surface area (Å²) in [6.45, 7) is 0. The van der Waals surface area contributed by atoms with E-state index in [1.807, 2.05) is 0 Å². The third-order valence-corrected chi connectivity index (χ3v) is 2.67. The molecule has 1 fully saturated rings. The Bertz CT molecular complexity index is 320. The van der Waals surface area contributed by atoms with Gasteiger partial charge in [-0.3, -0.25) is 14.8 Å². The largest absolute Gasteiger partial charge is 0.481 e. The summed E-state index contributed by atoms with van der Waals surface area (Å²) in [7, 11) is 0. The van der Waals surface area contributed by atoms with E-state index in [9.17, 15) is 4.79 Å². The van der Waals surface area contributed by atoms with Gasteiger partial charge in [-0.2, -0.15) is 0 Å². The van der Waals surface area contributed by atoms with Crippen molar-refractivity contribution in [2.45, 2.75) is 24.7 Å². The second-order valence-electron chi connectivity index (χ2n) is 3.33. The van der Waals surface area contributed by atoms with Gasteiger partial charge in [0.15, 0.2) is 0 Å². The molecule has 0 aromatic carbocycles. The fourth-order valence-corrected chi connectivity index (χ4v) is 1.66. The van der Waals surface area contributed by atoms with Crippen molar-refractivity contribution in [1.29, 1.82) is 0 Å². The Hall–Kier alpha value is -1.45. The first-order valence-corrected chi connectivity index (χ1v) is 4.26. The molecule has 1 aliphatic carbocycles. The van der Waals surface area contributed by atoms with Crippen molar-refractivity contribution in [1.82, 2.24) is 9.97 Å². The number of carboxylic acid groups (broad SMARTS) is 1. The zero-order valence-corrected chi connectivity index (χ0v) is 7.10. The van der Waals surface area contributed by atoms with E-state index in [0.29, 0.717) is 18.5 Å². The quantitative estimate of drug-likeness (QED) is 0.733. The molecule has 1 aromatic rings. The molecule has 0 aliphatic heterocycles. The van der Waals surface area contributed by atoms with E-state index in [1.165, 1.54) is 0 Å². The molecule has 2 rings (SSSR count). The number of hydrogen-bond acceptors (Lipinski definition) is 3. The molecule has 4 heteroatoms. The molecule has 0 radical (unpaired) electrons. The molecule has 0 saturated heterocycles. The van der Waals surface area contributed by atoms with Gasteiger partial charge in [0.1, 0.15) is 5.41 Å². The summed E-state index contributed by atoms with van der Waals surface area (Å²) in [5.41, 5.74) is -0.150. The van der Waals surface area contributed by atoms with Crippen molar-refractivity contribution >= 4 is 5.97 Å². The SMILES string of the molecule is O=C(O)C1(c2cnccn2)CCC1. The van der Waals surface area contributed by atoms with E-state index in [4.69, 9.17) is 5.11 Å². The molecule has 0 atom stereocenters. The van der Waals surface area contributed by atoms with Crippen molar-refractivity contribution in [3.05, 3.63) is 24.3 Å². The molecule has 0 bridgehead atoms. The standard InChI is InChI=1S/C9H10N2O2/c12-8(13)9(2-1-3-9)7-6-10-4-5-11-7/h4-6H,1-3H2,(H,12,13). The number of carbonyl (C=O) groups is 1. The molecule has 0 unspecified atom stereocenters. The van der Waals surface area contributed by atoms with Crippen molar-refractivity contribution in [2.24, 2.45) is 0 Å². The van der Waals surface area contributed by atoms with Crippen LogP contribution in [0.5, 0.6) is 0 Å². The first-order valence-electron chi connectivity index (χ1n) is 4.26. The van der Waals surface area contributed by atoms with Crippen molar-refractivity contribution in [3.8, 4) is 0 Å². The maximum Gasteiger partial charge on any atom is 0.315 e. The lowest BCUT2D eigenvalue weighted by molar-refractivity contribution is -0.147. The van der Waals surface area contributed by atoms with E-state index in [1.54, 1.807) is 18.6 Å². The van der Waals surface area contributed by atoms with Crippen LogP contribution in [0.4, 0.5) is 0 Å². The highest BCUT2D eigenvalue weighted by molar-refractivity contribution is 5.81. The molecule has 68 valence electrons. The molecule has 0 spiro atoms. The van der Waals surface area contributed by atoms with Gasteiger partial charge in [0.25, 0.3) is 0 Å². The Morgan fingerprint density at radius 1 is 1.46 bits per heavy atom. The predicted molar refractivity (Wildman–Crippen MR) is 45.2 cm³/mol. The minimum Gasteiger partial charge on any atom is -0.481 e. The molecular weight excluding hydrogens is 168 g/mol. The van der Waals surface area contributed by atoms with Crippen LogP contribution in [0.1, 0.15) is 25.0 Å². The summed E-state index contributed by atoms with van der Waals surface area (Å²) in [5.74, 6) is -0.778. The second kappa shape index (κ2) is 2.80. The Balaban J connectivity index is 2.38.